The Bertz CT molecular complexity index is 3540. The van der Waals surface area contributed by atoms with E-state index in [1.807, 2.05) is 74.5 Å². The summed E-state index contributed by atoms with van der Waals surface area (Å²) in [6.07, 6.45) is 32.5. The van der Waals surface area contributed by atoms with Crippen molar-refractivity contribution in [3.05, 3.63) is 217 Å². The molecule has 4 aromatic carbocycles. The fourth-order valence-electron chi connectivity index (χ4n) is 21.2. The molecule has 0 aliphatic heterocycles. The number of benzene rings is 4. The van der Waals surface area contributed by atoms with Crippen molar-refractivity contribution in [2.75, 3.05) is 0 Å². The number of hydrogen-bond donors (Lipinski definition) is 12. The van der Waals surface area contributed by atoms with Crippen LogP contribution in [0.25, 0.3) is 73.8 Å². The van der Waals surface area contributed by atoms with E-state index in [-0.39, 0.29) is 109 Å². The molecule has 20 rings (SSSR count). The van der Waals surface area contributed by atoms with Crippen molar-refractivity contribution in [3.63, 3.8) is 0 Å². The van der Waals surface area contributed by atoms with E-state index in [1.165, 1.54) is 116 Å². The van der Waals surface area contributed by atoms with E-state index < -0.39 is 169 Å². The van der Waals surface area contributed by atoms with Gasteiger partial charge in [0.25, 0.3) is 0 Å². The van der Waals surface area contributed by atoms with Gasteiger partial charge in [0.1, 0.15) is 0 Å². The molecule has 0 heterocycles. The number of carboxylic acids is 10. The number of aliphatic hydroxyl groups is 2. The number of rotatable bonds is 14. The third-order valence-corrected chi connectivity index (χ3v) is 24.7. The van der Waals surface area contributed by atoms with Gasteiger partial charge in [0.05, 0.1) is 58.8 Å². The number of aromatic carboxylic acids is 2. The van der Waals surface area contributed by atoms with Crippen molar-refractivity contribution >= 4 is 173 Å². The van der Waals surface area contributed by atoms with Crippen molar-refractivity contribution in [1.29, 1.82) is 0 Å². The van der Waals surface area contributed by atoms with Crippen molar-refractivity contribution in [2.45, 2.75) is 261 Å². The average Bonchev–Trinajstić information content (AvgIpc) is 0.728. The van der Waals surface area contributed by atoms with Crippen LogP contribution in [0.2, 0.25) is 0 Å². The Hall–Kier alpha value is -1.37. The largest absolute Gasteiger partial charge is 0.693 e. The van der Waals surface area contributed by atoms with Gasteiger partial charge in [-0.2, -0.15) is 0 Å². The molecule has 16 aliphatic carbocycles. The average molecular weight is 3380 g/mol. The van der Waals surface area contributed by atoms with Crippen LogP contribution in [0, 0.1) is 104 Å². The summed E-state index contributed by atoms with van der Waals surface area (Å²) in [4.78, 5) is 104. The van der Waals surface area contributed by atoms with Crippen LogP contribution >= 0.6 is 113 Å². The van der Waals surface area contributed by atoms with Crippen molar-refractivity contribution in [1.82, 2.24) is 0 Å². The van der Waals surface area contributed by atoms with E-state index in [2.05, 4.69) is 0 Å². The minimum Gasteiger partial charge on any atom is -0.693 e. The first-order chi connectivity index (χ1) is 62.0. The van der Waals surface area contributed by atoms with Crippen LogP contribution in [0.5, 0.6) is 0 Å². The van der Waals surface area contributed by atoms with Gasteiger partial charge >= 0.3 is 272 Å². The van der Waals surface area contributed by atoms with Crippen LogP contribution in [-0.2, 0) is 150 Å². The molecule has 0 atom stereocenters. The van der Waals surface area contributed by atoms with Crippen molar-refractivity contribution in [3.8, 4) is 0 Å². The molecule has 34 nitrogen and oxygen atoms in total. The van der Waals surface area contributed by atoms with Gasteiger partial charge < -0.3 is 135 Å². The van der Waals surface area contributed by atoms with E-state index in [9.17, 15) is 58.2 Å². The molecule has 0 unspecified atom stereocenters. The first-order valence-corrected chi connectivity index (χ1v) is 76.5. The maximum Gasteiger partial charge on any atom is -0.693 e. The summed E-state index contributed by atoms with van der Waals surface area (Å²) in [5, 5.41) is 103. The van der Waals surface area contributed by atoms with E-state index in [1.54, 1.807) is 102 Å². The third kappa shape index (κ3) is 75.4. The molecule has 16 aliphatic rings. The second-order valence-electron chi connectivity index (χ2n) is 37.3. The van der Waals surface area contributed by atoms with Gasteiger partial charge in [0.2, 0.25) is 0 Å². The topological polar surface area (TPSA) is 815 Å². The van der Waals surface area contributed by atoms with Gasteiger partial charge in [0, 0.05) is 12.8 Å². The second kappa shape index (κ2) is 96.2. The van der Waals surface area contributed by atoms with Crippen LogP contribution in [0.4, 0.5) is 0 Å². The van der Waals surface area contributed by atoms with E-state index in [4.69, 9.17) is 164 Å². The molecule has 0 amide bonds. The Kier molecular flexibility index (Phi) is 116. The van der Waals surface area contributed by atoms with E-state index in [0.717, 1.165) is 134 Å². The first-order valence-electron chi connectivity index (χ1n) is 42.7. The van der Waals surface area contributed by atoms with Gasteiger partial charge in [-0.1, -0.05) is 111 Å². The SMILES string of the molecule is CC(C)(C)C(=O)O.CC(C)(C)C(=O)O.CCCC(=O)O.CCCC(=O)O.O=C(O)C12CC3CC(CC(C3)C1)C2.O=C(O)C12CC3CC(CC(C3)C1)C2.O=C(O)CC12CC3CC(CC(C3)C1)C2.O=C(O)CC12CC3CC(CC(C3)C1)C2.O=C(O)c1ccccc1.O=C(O)c1ccccc1.OCc1ccccc1.OCc1ccccc1.[Cl][Pt+2][Cl].[Cl][Pt+2][Cl].[Cl][Pt+2][Cl].[Cl][Pt+2][Cl].[Cl][Pt+2][Cl].[Cl][Pt+2][Cl].[NH2-].[NH2-].[NH2-].[NH2-].[NH2-].[NH2-].[NH2-].[NH2-].[NH2-].[NH2-].[NH2-].[NH2-]. The summed E-state index contributed by atoms with van der Waals surface area (Å²) in [5.74, 6) is 2.90. The van der Waals surface area contributed by atoms with Crippen LogP contribution in [0.3, 0.4) is 0 Å². The summed E-state index contributed by atoms with van der Waals surface area (Å²) in [7, 11) is 58.5. The number of halogens is 12. The molecule has 16 bridgehead atoms. The number of carboxylic acid groups (broad SMARTS) is 10. The molecule has 16 saturated carbocycles. The molecule has 4 aromatic rings. The molecule has 0 radical (unpaired) electrons. The number of nitrogens with two attached hydrogens (primary N) is 12. The normalized spacial score (nSPS) is 23.9. The minimum absolute atomic E-state index is 0. The van der Waals surface area contributed by atoms with Gasteiger partial charge in [-0.15, -0.1) is 0 Å². The minimum atomic E-state index is -0.879. The monoisotopic (exact) mass is 3370 g/mol. The fraction of sp³-hybridized carbons (Fsp3) is 0.630. The van der Waals surface area contributed by atoms with Crippen LogP contribution in [0.1, 0.15) is 280 Å². The molecule has 0 spiro atoms. The van der Waals surface area contributed by atoms with Crippen LogP contribution in [-0.4, -0.2) is 121 Å². The van der Waals surface area contributed by atoms with Crippen LogP contribution < -0.4 is 0 Å². The first kappa shape index (κ1) is 173. The zero-order valence-electron chi connectivity index (χ0n) is 81.9. The molecule has 36 N–H and O–H groups in total. The molecule has 860 valence electrons. The zero-order chi connectivity index (χ0) is 101. The Labute approximate surface area is 952 Å². The fourth-order valence-corrected chi connectivity index (χ4v) is 21.2. The number of aliphatic hydroxyl groups excluding tert-OH is 2. The molecule has 0 aromatic heterocycles. The Morgan fingerprint density at radius 3 is 0.507 bits per heavy atom. The van der Waals surface area contributed by atoms with Gasteiger partial charge in [0.15, 0.2) is 0 Å². The molecule has 52 heteroatoms. The predicted octanol–water partition coefficient (Wildman–Crippen LogP) is 35.9. The van der Waals surface area contributed by atoms with Gasteiger partial charge in [-0.25, -0.2) is 9.59 Å². The maximum atomic E-state index is 11.3. The molecular formula is C92H156Cl12N12O22Pt6. The van der Waals surface area contributed by atoms with E-state index in [0.29, 0.717) is 36.8 Å². The number of hydrogen-bond acceptors (Lipinski definition) is 12. The summed E-state index contributed by atoms with van der Waals surface area (Å²) in [5.41, 5.74) is 1.31. The Morgan fingerprint density at radius 2 is 0.417 bits per heavy atom. The molecule has 144 heavy (non-hydrogen) atoms. The zero-order valence-corrected chi connectivity index (χ0v) is 105. The van der Waals surface area contributed by atoms with Crippen molar-refractivity contribution in [2.24, 2.45) is 104 Å². The summed E-state index contributed by atoms with van der Waals surface area (Å²) < 4.78 is 0. The van der Waals surface area contributed by atoms with Gasteiger partial charge in [-0.3, -0.25) is 38.4 Å². The molecular weight excluding hydrogens is 3220 g/mol. The van der Waals surface area contributed by atoms with Gasteiger partial charge in [-0.05, 0) is 326 Å². The summed E-state index contributed by atoms with van der Waals surface area (Å²) in [6.45, 7) is 13.9. The van der Waals surface area contributed by atoms with E-state index >= 15 is 0 Å². The van der Waals surface area contributed by atoms with Crippen molar-refractivity contribution < 1.29 is 208 Å². The van der Waals surface area contributed by atoms with Crippen LogP contribution in [0.15, 0.2) is 121 Å². The molecule has 0 saturated heterocycles. The summed E-state index contributed by atoms with van der Waals surface area (Å²) in [6, 6.07) is 35.6. The quantitative estimate of drug-likeness (QED) is 0.0558. The Balaban J connectivity index is -0.000000105. The summed E-state index contributed by atoms with van der Waals surface area (Å²) >= 11 is -2.83. The Morgan fingerprint density at radius 1 is 0.271 bits per heavy atom. The molecule has 16 fully saturated rings. The third-order valence-electron chi connectivity index (χ3n) is 24.7. The smallest absolute Gasteiger partial charge is 0.693 e. The number of carbonyl (C=O) groups is 10. The maximum absolute atomic E-state index is 11.3. The standard InChI is InChI=1S/2C12H18O2.2C11H16O2.2C7H6O2.2C7H8O.2C5H10O2.2C4H8O2.12ClH.12H2N.6Pt/c2*13-11(14)7-12-4-8-1-9(5-12)3-10(2-8)6-12;2*12-10(13)11-4-7-1-8(5-11)3-9(2-7)6-11;2*8-7(9)6-4-2-1-3-5-6;2*8-6-7-4-2-1-3-5-7;2*1-5(2,3)4(6)7;2*1-2-3-4(5)6;;;;;;;;;;;;;;;;;;;;;;;;;;;;;;/h2*8-10H,1-7H2,(H,13,14);2*7-9H,1-6H2,(H,12,13);2*1-5H,(H,8,9);2*1-5,8H,6H2;2*1-3H3,(H,6,7);2*2-3H2,1H3,(H,5,6);12*1H;12*1H2;;;;;;/q;;;;;;;;;;;;;;;;;;;;;;;;12*-1;6*+4/p-12. The second-order valence-corrected chi connectivity index (χ2v) is 57.0. The number of aliphatic carboxylic acids is 8. The predicted molar refractivity (Wildman–Crippen MR) is 567 cm³/mol.